The number of benzene rings is 3. The van der Waals surface area contributed by atoms with E-state index >= 15 is 0 Å². The summed E-state index contributed by atoms with van der Waals surface area (Å²) in [6.45, 7) is 2.06. The largest absolute Gasteiger partial charge is 0.321 e. The van der Waals surface area contributed by atoms with Crippen LogP contribution >= 0.6 is 11.8 Å². The summed E-state index contributed by atoms with van der Waals surface area (Å²) in [7, 11) is 0. The molecule has 1 saturated heterocycles. The van der Waals surface area contributed by atoms with Crippen molar-refractivity contribution >= 4 is 35.0 Å². The van der Waals surface area contributed by atoms with E-state index in [4.69, 9.17) is 0 Å². The molecule has 1 atom stereocenters. The van der Waals surface area contributed by atoms with Crippen molar-refractivity contribution in [3.63, 3.8) is 0 Å². The van der Waals surface area contributed by atoms with Gasteiger partial charge in [0.25, 0.3) is 5.91 Å². The lowest BCUT2D eigenvalue weighted by atomic mass is 10.1. The van der Waals surface area contributed by atoms with Gasteiger partial charge in [-0.2, -0.15) is 5.26 Å². The molecule has 1 N–H and O–H groups in total. The molecule has 3 aromatic rings. The predicted octanol–water partition coefficient (Wildman–Crippen LogP) is 5.31. The third kappa shape index (κ3) is 5.00. The monoisotopic (exact) mass is 453 g/mol. The Kier molecular flexibility index (Phi) is 6.92. The summed E-state index contributed by atoms with van der Waals surface area (Å²) >= 11 is 1.27. The van der Waals surface area contributed by atoms with Gasteiger partial charge in [-0.3, -0.25) is 14.5 Å². The van der Waals surface area contributed by atoms with Gasteiger partial charge in [0, 0.05) is 11.4 Å². The minimum absolute atomic E-state index is 0.0765. The Labute approximate surface area is 197 Å². The van der Waals surface area contributed by atoms with E-state index in [1.807, 2.05) is 78.9 Å². The van der Waals surface area contributed by atoms with E-state index in [1.54, 1.807) is 12.1 Å². The lowest BCUT2D eigenvalue weighted by Crippen LogP contribution is -2.30. The molecule has 1 aliphatic heterocycles. The first kappa shape index (κ1) is 22.4. The van der Waals surface area contributed by atoms with Crippen LogP contribution in [0.25, 0.3) is 0 Å². The molecular weight excluding hydrogens is 430 g/mol. The van der Waals surface area contributed by atoms with Crippen molar-refractivity contribution in [1.29, 1.82) is 5.26 Å². The molecule has 5 nitrogen and oxygen atoms in total. The lowest BCUT2D eigenvalue weighted by molar-refractivity contribution is -0.117. The molecule has 2 amide bonds. The molecule has 6 heteroatoms. The van der Waals surface area contributed by atoms with Gasteiger partial charge in [-0.25, -0.2) is 0 Å². The number of nitriles is 1. The van der Waals surface area contributed by atoms with E-state index in [0.717, 1.165) is 17.5 Å². The predicted molar refractivity (Wildman–Crippen MR) is 133 cm³/mol. The standard InChI is InChI=1S/C27H23N3O2S/c1-2-19-13-15-21(16-14-19)29-25(31)23(18-28)27-30(22-11-7-4-8-12-22)26(32)24(33-27)17-20-9-5-3-6-10-20/h3-16,24H,2,17H2,1H3,(H,29,31)/b27-23+. The van der Waals surface area contributed by atoms with Gasteiger partial charge >= 0.3 is 0 Å². The van der Waals surface area contributed by atoms with Crippen molar-refractivity contribution in [1.82, 2.24) is 0 Å². The second kappa shape index (κ2) is 10.2. The summed E-state index contributed by atoms with van der Waals surface area (Å²) in [4.78, 5) is 28.0. The highest BCUT2D eigenvalue weighted by atomic mass is 32.2. The van der Waals surface area contributed by atoms with Crippen LogP contribution in [0.2, 0.25) is 0 Å². The number of carbonyl (C=O) groups excluding carboxylic acids is 2. The van der Waals surface area contributed by atoms with E-state index < -0.39 is 11.2 Å². The summed E-state index contributed by atoms with van der Waals surface area (Å²) in [5.74, 6) is -0.670. The zero-order valence-corrected chi connectivity index (χ0v) is 19.0. The third-order valence-electron chi connectivity index (χ3n) is 5.40. The van der Waals surface area contributed by atoms with Crippen molar-refractivity contribution in [3.8, 4) is 6.07 Å². The molecular formula is C27H23N3O2S. The first-order chi connectivity index (χ1) is 16.1. The third-order valence-corrected chi connectivity index (χ3v) is 6.67. The van der Waals surface area contributed by atoms with Crippen LogP contribution in [0, 0.1) is 11.3 Å². The molecule has 164 valence electrons. The highest BCUT2D eigenvalue weighted by molar-refractivity contribution is 8.05. The molecule has 1 unspecified atom stereocenters. The highest BCUT2D eigenvalue weighted by Gasteiger charge is 2.40. The fraction of sp³-hybridized carbons (Fsp3) is 0.148. The number of hydrogen-bond acceptors (Lipinski definition) is 4. The van der Waals surface area contributed by atoms with Crippen molar-refractivity contribution in [3.05, 3.63) is 107 Å². The first-order valence-corrected chi connectivity index (χ1v) is 11.6. The second-order valence-corrected chi connectivity index (χ2v) is 8.79. The molecule has 3 aromatic carbocycles. The Morgan fingerprint density at radius 2 is 1.61 bits per heavy atom. The summed E-state index contributed by atoms with van der Waals surface area (Å²) in [6, 6.07) is 28.4. The van der Waals surface area contributed by atoms with Gasteiger partial charge in [0.1, 0.15) is 16.7 Å². The summed E-state index contributed by atoms with van der Waals surface area (Å²) < 4.78 is 0. The molecule has 4 rings (SSSR count). The molecule has 0 aromatic heterocycles. The van der Waals surface area contributed by atoms with Gasteiger partial charge in [-0.15, -0.1) is 0 Å². The summed E-state index contributed by atoms with van der Waals surface area (Å²) in [6.07, 6.45) is 1.41. The van der Waals surface area contributed by atoms with Crippen molar-refractivity contribution in [2.45, 2.75) is 25.0 Å². The molecule has 1 heterocycles. The zero-order valence-electron chi connectivity index (χ0n) is 18.2. The maximum Gasteiger partial charge on any atom is 0.269 e. The molecule has 1 fully saturated rings. The molecule has 0 saturated carbocycles. The number of amides is 2. The number of nitrogens with one attached hydrogen (secondary N) is 1. The van der Waals surface area contributed by atoms with E-state index in [-0.39, 0.29) is 11.5 Å². The molecule has 1 aliphatic rings. The van der Waals surface area contributed by atoms with Crippen LogP contribution in [0.3, 0.4) is 0 Å². The van der Waals surface area contributed by atoms with Crippen LogP contribution in [-0.2, 0) is 22.4 Å². The number of thioether (sulfide) groups is 1. The van der Waals surface area contributed by atoms with Gasteiger partial charge in [0.05, 0.1) is 5.25 Å². The Hall–Kier alpha value is -3.82. The first-order valence-electron chi connectivity index (χ1n) is 10.7. The topological polar surface area (TPSA) is 73.2 Å². The lowest BCUT2D eigenvalue weighted by Gasteiger charge is -2.18. The number of anilines is 2. The number of hydrogen-bond donors (Lipinski definition) is 1. The van der Waals surface area contributed by atoms with Crippen molar-refractivity contribution in [2.24, 2.45) is 0 Å². The Morgan fingerprint density at radius 1 is 0.970 bits per heavy atom. The Bertz CT molecular complexity index is 1220. The van der Waals surface area contributed by atoms with Crippen LogP contribution in [0.4, 0.5) is 11.4 Å². The van der Waals surface area contributed by atoms with Gasteiger partial charge in [-0.05, 0) is 48.2 Å². The van der Waals surface area contributed by atoms with Gasteiger partial charge in [-0.1, -0.05) is 79.3 Å². The van der Waals surface area contributed by atoms with E-state index in [0.29, 0.717) is 22.8 Å². The second-order valence-electron chi connectivity index (χ2n) is 7.60. The number of carbonyl (C=O) groups is 2. The van der Waals surface area contributed by atoms with Crippen molar-refractivity contribution in [2.75, 3.05) is 10.2 Å². The van der Waals surface area contributed by atoms with Gasteiger partial charge < -0.3 is 5.32 Å². The fourth-order valence-corrected chi connectivity index (χ4v) is 4.95. The molecule has 0 radical (unpaired) electrons. The van der Waals surface area contributed by atoms with Crippen LogP contribution in [-0.4, -0.2) is 17.1 Å². The Morgan fingerprint density at radius 3 is 2.21 bits per heavy atom. The highest BCUT2D eigenvalue weighted by Crippen LogP contribution is 2.42. The van der Waals surface area contributed by atoms with Crippen LogP contribution < -0.4 is 10.2 Å². The minimum Gasteiger partial charge on any atom is -0.321 e. The van der Waals surface area contributed by atoms with Gasteiger partial charge in [0.2, 0.25) is 5.91 Å². The average Bonchev–Trinajstić information content (AvgIpc) is 3.16. The van der Waals surface area contributed by atoms with Gasteiger partial charge in [0.15, 0.2) is 0 Å². The SMILES string of the molecule is CCc1ccc(NC(=O)/C(C#N)=C2/SC(Cc3ccccc3)C(=O)N2c2ccccc2)cc1. The number of para-hydroxylation sites is 1. The fourth-order valence-electron chi connectivity index (χ4n) is 3.64. The molecule has 33 heavy (non-hydrogen) atoms. The number of aryl methyl sites for hydroxylation is 1. The molecule has 0 spiro atoms. The number of rotatable bonds is 6. The Balaban J connectivity index is 1.68. The number of nitrogens with zero attached hydrogens (tertiary/aromatic N) is 2. The van der Waals surface area contributed by atoms with E-state index in [1.165, 1.54) is 16.7 Å². The smallest absolute Gasteiger partial charge is 0.269 e. The zero-order chi connectivity index (χ0) is 23.2. The van der Waals surface area contributed by atoms with Crippen molar-refractivity contribution < 1.29 is 9.59 Å². The normalized spacial score (nSPS) is 16.9. The summed E-state index contributed by atoms with van der Waals surface area (Å²) in [5, 5.41) is 12.7. The van der Waals surface area contributed by atoms with E-state index in [2.05, 4.69) is 12.2 Å². The molecule has 0 bridgehead atoms. The molecule has 0 aliphatic carbocycles. The quantitative estimate of drug-likeness (QED) is 0.405. The maximum absolute atomic E-state index is 13.4. The summed E-state index contributed by atoms with van der Waals surface area (Å²) in [5.41, 5.74) is 3.34. The van der Waals surface area contributed by atoms with E-state index in [9.17, 15) is 14.9 Å². The van der Waals surface area contributed by atoms with Crippen LogP contribution in [0.5, 0.6) is 0 Å². The van der Waals surface area contributed by atoms with Crippen LogP contribution in [0.15, 0.2) is 95.5 Å². The average molecular weight is 454 g/mol. The maximum atomic E-state index is 13.4. The minimum atomic E-state index is -0.529. The van der Waals surface area contributed by atoms with Crippen LogP contribution in [0.1, 0.15) is 18.1 Å².